The zero-order chi connectivity index (χ0) is 22.7. The molecule has 0 unspecified atom stereocenters. The normalized spacial score (nSPS) is 17.5. The number of carbonyl (C=O) groups is 2. The Balaban J connectivity index is 1.43. The topological polar surface area (TPSA) is 106 Å². The Hall–Kier alpha value is -3.63. The van der Waals surface area contributed by atoms with Crippen molar-refractivity contribution in [3.8, 4) is 11.3 Å². The summed E-state index contributed by atoms with van der Waals surface area (Å²) in [5, 5.41) is 14.0. The molecule has 3 aromatic rings. The van der Waals surface area contributed by atoms with Gasteiger partial charge in [-0.2, -0.15) is 0 Å². The van der Waals surface area contributed by atoms with Gasteiger partial charge in [-0.05, 0) is 6.42 Å². The molecule has 0 spiro atoms. The fourth-order valence-corrected chi connectivity index (χ4v) is 3.84. The number of carbonyl (C=O) groups excluding carboxylic acids is 2. The molecule has 1 N–H and O–H groups in total. The molecule has 2 amide bonds. The predicted molar refractivity (Wildman–Crippen MR) is 109 cm³/mol. The Morgan fingerprint density at radius 1 is 1.28 bits per heavy atom. The molecule has 4 rings (SSSR count). The van der Waals surface area contributed by atoms with Gasteiger partial charge in [-0.3, -0.25) is 9.59 Å². The maximum absolute atomic E-state index is 14.2. The van der Waals surface area contributed by atoms with E-state index in [-0.39, 0.29) is 24.6 Å². The maximum Gasteiger partial charge on any atom is 0.273 e. The van der Waals surface area contributed by atoms with Gasteiger partial charge in [0.25, 0.3) is 11.8 Å². The molecule has 0 saturated carbocycles. The summed E-state index contributed by atoms with van der Waals surface area (Å²) in [6, 6.07) is 8.63. The van der Waals surface area contributed by atoms with Crippen LogP contribution in [0.15, 0.2) is 47.3 Å². The number of nitrogens with one attached hydrogen (secondary N) is 1. The third-order valence-corrected chi connectivity index (χ3v) is 5.39. The lowest BCUT2D eigenvalue weighted by molar-refractivity contribution is -0.133. The highest BCUT2D eigenvalue weighted by molar-refractivity contribution is 5.91. The fourth-order valence-electron chi connectivity index (χ4n) is 3.84. The van der Waals surface area contributed by atoms with Crippen LogP contribution in [-0.4, -0.2) is 62.4 Å². The zero-order valence-electron chi connectivity index (χ0n) is 17.4. The lowest BCUT2D eigenvalue weighted by Crippen LogP contribution is -2.39. The van der Waals surface area contributed by atoms with Crippen LogP contribution in [-0.2, 0) is 17.8 Å². The van der Waals surface area contributed by atoms with Gasteiger partial charge < -0.3 is 14.7 Å². The standard InChI is InChI=1S/C21H22F2N6O3/c1-24-20(31)17-11-28(27-25-17)10-16-9-21(22,23)13-29(16)18(30)8-7-15-12-32-26-19(15)14-5-3-2-4-6-14/h2-6,11-12,16H,7-10,13H2,1H3,(H,24,31)/t16-/m0/s1. The van der Waals surface area contributed by atoms with Crippen LogP contribution < -0.4 is 5.32 Å². The van der Waals surface area contributed by atoms with Crippen LogP contribution in [0.4, 0.5) is 8.78 Å². The molecular weight excluding hydrogens is 422 g/mol. The smallest absolute Gasteiger partial charge is 0.273 e. The first-order valence-corrected chi connectivity index (χ1v) is 10.1. The molecule has 1 saturated heterocycles. The molecule has 9 nitrogen and oxygen atoms in total. The summed E-state index contributed by atoms with van der Waals surface area (Å²) in [7, 11) is 1.46. The summed E-state index contributed by atoms with van der Waals surface area (Å²) in [5.41, 5.74) is 2.30. The van der Waals surface area contributed by atoms with E-state index in [4.69, 9.17) is 4.52 Å². The third kappa shape index (κ3) is 4.66. The maximum atomic E-state index is 14.2. The van der Waals surface area contributed by atoms with E-state index in [1.54, 1.807) is 0 Å². The summed E-state index contributed by atoms with van der Waals surface area (Å²) < 4.78 is 34.7. The molecule has 0 aliphatic carbocycles. The van der Waals surface area contributed by atoms with E-state index in [1.807, 2.05) is 30.3 Å². The zero-order valence-corrected chi connectivity index (χ0v) is 17.4. The molecule has 2 aromatic heterocycles. The minimum absolute atomic E-state index is 0.0217. The number of aromatic nitrogens is 4. The van der Waals surface area contributed by atoms with Gasteiger partial charge in [0, 0.05) is 31.0 Å². The number of hydrogen-bond donors (Lipinski definition) is 1. The van der Waals surface area contributed by atoms with Crippen molar-refractivity contribution in [3.05, 3.63) is 54.0 Å². The van der Waals surface area contributed by atoms with Gasteiger partial charge in [0.1, 0.15) is 12.0 Å². The molecule has 3 heterocycles. The number of halogens is 2. The molecule has 1 aliphatic heterocycles. The highest BCUT2D eigenvalue weighted by Crippen LogP contribution is 2.33. The van der Waals surface area contributed by atoms with Crippen molar-refractivity contribution in [2.75, 3.05) is 13.6 Å². The van der Waals surface area contributed by atoms with Crippen molar-refractivity contribution in [2.45, 2.75) is 37.8 Å². The average Bonchev–Trinajstić information content (AvgIpc) is 3.51. The summed E-state index contributed by atoms with van der Waals surface area (Å²) in [6.45, 7) is -0.628. The Kier molecular flexibility index (Phi) is 5.97. The van der Waals surface area contributed by atoms with Gasteiger partial charge in [0.2, 0.25) is 5.91 Å². The van der Waals surface area contributed by atoms with E-state index in [1.165, 1.54) is 29.1 Å². The number of aryl methyl sites for hydroxylation is 1. The Morgan fingerprint density at radius 2 is 2.06 bits per heavy atom. The summed E-state index contributed by atoms with van der Waals surface area (Å²) in [6.07, 6.45) is 2.72. The molecule has 1 aromatic carbocycles. The van der Waals surface area contributed by atoms with Crippen LogP contribution in [0.1, 0.15) is 28.9 Å². The van der Waals surface area contributed by atoms with Crippen LogP contribution in [0.2, 0.25) is 0 Å². The second kappa shape index (κ2) is 8.85. The SMILES string of the molecule is CNC(=O)c1cn(C[C@@H]2CC(F)(F)CN2C(=O)CCc2conc2-c2ccccc2)nn1. The van der Waals surface area contributed by atoms with E-state index < -0.39 is 30.8 Å². The number of hydrogen-bond acceptors (Lipinski definition) is 6. The molecule has 32 heavy (non-hydrogen) atoms. The average molecular weight is 444 g/mol. The van der Waals surface area contributed by atoms with Crippen molar-refractivity contribution in [1.82, 2.24) is 30.4 Å². The number of likely N-dealkylation sites (tertiary alicyclic amines) is 1. The lowest BCUT2D eigenvalue weighted by atomic mass is 10.0. The van der Waals surface area contributed by atoms with Crippen molar-refractivity contribution in [1.29, 1.82) is 0 Å². The molecule has 1 atom stereocenters. The molecule has 168 valence electrons. The van der Waals surface area contributed by atoms with Crippen molar-refractivity contribution < 1.29 is 22.9 Å². The van der Waals surface area contributed by atoms with Gasteiger partial charge in [-0.1, -0.05) is 40.7 Å². The molecule has 0 bridgehead atoms. The Bertz CT molecular complexity index is 1100. The monoisotopic (exact) mass is 444 g/mol. The van der Waals surface area contributed by atoms with Gasteiger partial charge in [0.05, 0.1) is 25.3 Å². The number of rotatable bonds is 7. The first-order chi connectivity index (χ1) is 15.4. The van der Waals surface area contributed by atoms with Crippen LogP contribution in [0.25, 0.3) is 11.3 Å². The van der Waals surface area contributed by atoms with Gasteiger partial charge in [-0.25, -0.2) is 13.5 Å². The third-order valence-electron chi connectivity index (χ3n) is 5.39. The largest absolute Gasteiger partial charge is 0.364 e. The van der Waals surface area contributed by atoms with Crippen LogP contribution in [0, 0.1) is 0 Å². The predicted octanol–water partition coefficient (Wildman–Crippen LogP) is 2.16. The quantitative estimate of drug-likeness (QED) is 0.599. The molecule has 0 radical (unpaired) electrons. The van der Waals surface area contributed by atoms with E-state index in [9.17, 15) is 18.4 Å². The minimum atomic E-state index is -2.99. The van der Waals surface area contributed by atoms with E-state index in [0.29, 0.717) is 12.1 Å². The Morgan fingerprint density at radius 3 is 2.81 bits per heavy atom. The second-order valence-electron chi connectivity index (χ2n) is 7.69. The minimum Gasteiger partial charge on any atom is -0.364 e. The number of amides is 2. The van der Waals surface area contributed by atoms with Crippen molar-refractivity contribution in [2.24, 2.45) is 0 Å². The molecule has 1 fully saturated rings. The summed E-state index contributed by atoms with van der Waals surface area (Å²) in [4.78, 5) is 25.7. The van der Waals surface area contributed by atoms with Gasteiger partial charge in [0.15, 0.2) is 5.69 Å². The number of alkyl halides is 2. The summed E-state index contributed by atoms with van der Waals surface area (Å²) in [5.74, 6) is -3.81. The molecule has 1 aliphatic rings. The first kappa shape index (κ1) is 21.6. The Labute approximate surface area is 182 Å². The van der Waals surface area contributed by atoms with Crippen molar-refractivity contribution in [3.63, 3.8) is 0 Å². The highest BCUT2D eigenvalue weighted by Gasteiger charge is 2.47. The lowest BCUT2D eigenvalue weighted by Gasteiger charge is -2.23. The van der Waals surface area contributed by atoms with Gasteiger partial charge >= 0.3 is 0 Å². The molecule has 11 heteroatoms. The van der Waals surface area contributed by atoms with Gasteiger partial charge in [-0.15, -0.1) is 5.10 Å². The van der Waals surface area contributed by atoms with E-state index >= 15 is 0 Å². The number of benzene rings is 1. The molecular formula is C21H22F2N6O3. The first-order valence-electron chi connectivity index (χ1n) is 10.1. The van der Waals surface area contributed by atoms with Crippen LogP contribution >= 0.6 is 0 Å². The van der Waals surface area contributed by atoms with E-state index in [2.05, 4.69) is 20.8 Å². The van der Waals surface area contributed by atoms with Crippen LogP contribution in [0.3, 0.4) is 0 Å². The van der Waals surface area contributed by atoms with E-state index in [0.717, 1.165) is 11.1 Å². The van der Waals surface area contributed by atoms with Crippen molar-refractivity contribution >= 4 is 11.8 Å². The second-order valence-corrected chi connectivity index (χ2v) is 7.69. The number of nitrogens with zero attached hydrogens (tertiary/aromatic N) is 5. The fraction of sp³-hybridized carbons (Fsp3) is 0.381. The van der Waals surface area contributed by atoms with Crippen LogP contribution in [0.5, 0.6) is 0 Å². The highest BCUT2D eigenvalue weighted by atomic mass is 19.3. The summed E-state index contributed by atoms with van der Waals surface area (Å²) >= 11 is 0.